The van der Waals surface area contributed by atoms with Crippen molar-refractivity contribution in [2.45, 2.75) is 53.9 Å². The van der Waals surface area contributed by atoms with Crippen molar-refractivity contribution in [3.05, 3.63) is 28.8 Å². The molecule has 0 aliphatic heterocycles. The maximum atomic E-state index is 11.9. The number of rotatable bonds is 5. The fourth-order valence-electron chi connectivity index (χ4n) is 2.08. The molecule has 2 nitrogen and oxygen atoms in total. The highest BCUT2D eigenvalue weighted by molar-refractivity contribution is 5.92. The van der Waals surface area contributed by atoms with Gasteiger partial charge in [0.1, 0.15) is 0 Å². The van der Waals surface area contributed by atoms with Gasteiger partial charge in [-0.1, -0.05) is 32.9 Å². The smallest absolute Gasteiger partial charge is 0.224 e. The Bertz CT molecular complexity index is 398. The van der Waals surface area contributed by atoms with Gasteiger partial charge < -0.3 is 5.32 Å². The van der Waals surface area contributed by atoms with E-state index in [9.17, 15) is 4.79 Å². The average molecular weight is 247 g/mol. The first-order chi connectivity index (χ1) is 8.43. The SMILES string of the molecule is CCc1cc(C)c(NC(=O)CCC(C)C)c(C)c1. The van der Waals surface area contributed by atoms with Crippen LogP contribution in [0.4, 0.5) is 5.69 Å². The molecule has 1 aromatic rings. The lowest BCUT2D eigenvalue weighted by molar-refractivity contribution is -0.116. The molecule has 0 saturated carbocycles. The second-order valence-corrected chi connectivity index (χ2v) is 5.44. The summed E-state index contributed by atoms with van der Waals surface area (Å²) in [6.07, 6.45) is 2.58. The molecule has 1 rings (SSSR count). The predicted octanol–water partition coefficient (Wildman–Crippen LogP) is 4.24. The molecule has 1 aromatic carbocycles. The predicted molar refractivity (Wildman–Crippen MR) is 78.0 cm³/mol. The maximum Gasteiger partial charge on any atom is 0.224 e. The van der Waals surface area contributed by atoms with E-state index < -0.39 is 0 Å². The molecule has 0 fully saturated rings. The summed E-state index contributed by atoms with van der Waals surface area (Å²) < 4.78 is 0. The van der Waals surface area contributed by atoms with Crippen LogP contribution in [0, 0.1) is 19.8 Å². The summed E-state index contributed by atoms with van der Waals surface area (Å²) >= 11 is 0. The molecule has 0 bridgehead atoms. The minimum atomic E-state index is 0.124. The van der Waals surface area contributed by atoms with Gasteiger partial charge in [-0.2, -0.15) is 0 Å². The average Bonchev–Trinajstić information content (AvgIpc) is 2.30. The van der Waals surface area contributed by atoms with E-state index in [1.165, 1.54) is 5.56 Å². The number of nitrogens with one attached hydrogen (secondary N) is 1. The van der Waals surface area contributed by atoms with E-state index in [1.54, 1.807) is 0 Å². The second kappa shape index (κ2) is 6.58. The molecule has 1 amide bonds. The van der Waals surface area contributed by atoms with E-state index in [2.05, 4.69) is 52.1 Å². The van der Waals surface area contributed by atoms with Gasteiger partial charge in [0, 0.05) is 12.1 Å². The van der Waals surface area contributed by atoms with E-state index in [-0.39, 0.29) is 5.91 Å². The van der Waals surface area contributed by atoms with E-state index in [0.29, 0.717) is 12.3 Å². The van der Waals surface area contributed by atoms with Crippen molar-refractivity contribution in [3.8, 4) is 0 Å². The third-order valence-corrected chi connectivity index (χ3v) is 3.21. The first-order valence-corrected chi connectivity index (χ1v) is 6.84. The molecule has 0 unspecified atom stereocenters. The van der Waals surface area contributed by atoms with Gasteiger partial charge in [0.15, 0.2) is 0 Å². The van der Waals surface area contributed by atoms with Gasteiger partial charge in [-0.05, 0) is 49.3 Å². The van der Waals surface area contributed by atoms with Crippen molar-refractivity contribution in [2.75, 3.05) is 5.32 Å². The molecule has 0 heterocycles. The molecular weight excluding hydrogens is 222 g/mol. The Labute approximate surface area is 111 Å². The van der Waals surface area contributed by atoms with E-state index in [4.69, 9.17) is 0 Å². The lowest BCUT2D eigenvalue weighted by Gasteiger charge is -2.14. The number of carbonyl (C=O) groups excluding carboxylic acids is 1. The first kappa shape index (κ1) is 14.7. The quantitative estimate of drug-likeness (QED) is 0.828. The van der Waals surface area contributed by atoms with Crippen LogP contribution in [-0.2, 0) is 11.2 Å². The van der Waals surface area contributed by atoms with Crippen LogP contribution in [0.25, 0.3) is 0 Å². The number of aryl methyl sites for hydroxylation is 3. The molecule has 0 saturated heterocycles. The summed E-state index contributed by atoms with van der Waals surface area (Å²) in [5, 5.41) is 3.05. The molecular formula is C16H25NO. The molecule has 0 aliphatic rings. The molecule has 0 atom stereocenters. The van der Waals surface area contributed by atoms with Crippen LogP contribution in [0.2, 0.25) is 0 Å². The molecule has 0 aromatic heterocycles. The van der Waals surface area contributed by atoms with Crippen molar-refractivity contribution >= 4 is 11.6 Å². The van der Waals surface area contributed by atoms with Crippen molar-refractivity contribution < 1.29 is 4.79 Å². The largest absolute Gasteiger partial charge is 0.326 e. The van der Waals surface area contributed by atoms with Crippen LogP contribution in [0.1, 0.15) is 50.3 Å². The van der Waals surface area contributed by atoms with Crippen LogP contribution >= 0.6 is 0 Å². The zero-order chi connectivity index (χ0) is 13.7. The third kappa shape index (κ3) is 4.17. The molecule has 0 spiro atoms. The van der Waals surface area contributed by atoms with Crippen LogP contribution in [0.15, 0.2) is 12.1 Å². The zero-order valence-electron chi connectivity index (χ0n) is 12.3. The minimum absolute atomic E-state index is 0.124. The Kier molecular flexibility index (Phi) is 5.39. The van der Waals surface area contributed by atoms with Crippen molar-refractivity contribution in [1.29, 1.82) is 0 Å². The number of hydrogen-bond acceptors (Lipinski definition) is 1. The van der Waals surface area contributed by atoms with E-state index >= 15 is 0 Å². The lowest BCUT2D eigenvalue weighted by atomic mass is 10.0. The Balaban J connectivity index is 2.75. The third-order valence-electron chi connectivity index (χ3n) is 3.21. The van der Waals surface area contributed by atoms with Gasteiger partial charge in [0.05, 0.1) is 0 Å². The van der Waals surface area contributed by atoms with Gasteiger partial charge in [-0.15, -0.1) is 0 Å². The molecule has 18 heavy (non-hydrogen) atoms. The Hall–Kier alpha value is -1.31. The topological polar surface area (TPSA) is 29.1 Å². The summed E-state index contributed by atoms with van der Waals surface area (Å²) in [6.45, 7) is 10.5. The first-order valence-electron chi connectivity index (χ1n) is 6.84. The zero-order valence-corrected chi connectivity index (χ0v) is 12.3. The van der Waals surface area contributed by atoms with Gasteiger partial charge in [0.2, 0.25) is 5.91 Å². The van der Waals surface area contributed by atoms with E-state index in [0.717, 1.165) is 29.7 Å². The van der Waals surface area contributed by atoms with Gasteiger partial charge >= 0.3 is 0 Å². The molecule has 0 aliphatic carbocycles. The number of carbonyl (C=O) groups is 1. The normalized spacial score (nSPS) is 10.8. The Morgan fingerprint density at radius 3 is 2.22 bits per heavy atom. The summed E-state index contributed by atoms with van der Waals surface area (Å²) in [5.41, 5.74) is 4.63. The van der Waals surface area contributed by atoms with Crippen LogP contribution in [0.5, 0.6) is 0 Å². The van der Waals surface area contributed by atoms with Crippen LogP contribution in [-0.4, -0.2) is 5.91 Å². The van der Waals surface area contributed by atoms with Gasteiger partial charge in [-0.25, -0.2) is 0 Å². The number of benzene rings is 1. The fraction of sp³-hybridized carbons (Fsp3) is 0.562. The highest BCUT2D eigenvalue weighted by Crippen LogP contribution is 2.23. The van der Waals surface area contributed by atoms with Crippen molar-refractivity contribution in [3.63, 3.8) is 0 Å². The summed E-state index contributed by atoms with van der Waals surface area (Å²) in [7, 11) is 0. The molecule has 100 valence electrons. The fourth-order valence-corrected chi connectivity index (χ4v) is 2.08. The number of amides is 1. The highest BCUT2D eigenvalue weighted by atomic mass is 16.1. The summed E-state index contributed by atoms with van der Waals surface area (Å²) in [6, 6.07) is 4.32. The lowest BCUT2D eigenvalue weighted by Crippen LogP contribution is -2.14. The molecule has 1 N–H and O–H groups in total. The van der Waals surface area contributed by atoms with Crippen LogP contribution in [0.3, 0.4) is 0 Å². The Morgan fingerprint density at radius 2 is 1.78 bits per heavy atom. The van der Waals surface area contributed by atoms with Crippen molar-refractivity contribution in [2.24, 2.45) is 5.92 Å². The molecule has 0 radical (unpaired) electrons. The van der Waals surface area contributed by atoms with Gasteiger partial charge in [-0.3, -0.25) is 4.79 Å². The maximum absolute atomic E-state index is 11.9. The second-order valence-electron chi connectivity index (χ2n) is 5.44. The minimum Gasteiger partial charge on any atom is -0.326 e. The van der Waals surface area contributed by atoms with Crippen molar-refractivity contribution in [1.82, 2.24) is 0 Å². The monoisotopic (exact) mass is 247 g/mol. The van der Waals surface area contributed by atoms with Crippen LogP contribution < -0.4 is 5.32 Å². The standard InChI is InChI=1S/C16H25NO/c1-6-14-9-12(4)16(13(5)10-14)17-15(18)8-7-11(2)3/h9-11H,6-8H2,1-5H3,(H,17,18). The van der Waals surface area contributed by atoms with Gasteiger partial charge in [0.25, 0.3) is 0 Å². The summed E-state index contributed by atoms with van der Waals surface area (Å²) in [4.78, 5) is 11.9. The molecule has 2 heteroatoms. The number of anilines is 1. The van der Waals surface area contributed by atoms with E-state index in [1.807, 2.05) is 0 Å². The number of hydrogen-bond donors (Lipinski definition) is 1. The highest BCUT2D eigenvalue weighted by Gasteiger charge is 2.09. The summed E-state index contributed by atoms with van der Waals surface area (Å²) in [5.74, 6) is 0.694. The Morgan fingerprint density at radius 1 is 1.22 bits per heavy atom.